The molecule has 3 heteroatoms. The number of nitrogens with zero attached hydrogens (tertiary/aromatic N) is 1. The Morgan fingerprint density at radius 3 is 1.81 bits per heavy atom. The van der Waals surface area contributed by atoms with Gasteiger partial charge >= 0.3 is 0 Å². The summed E-state index contributed by atoms with van der Waals surface area (Å²) in [5.41, 5.74) is 0. The molecule has 0 radical (unpaired) electrons. The molecule has 0 aromatic rings. The molecular formula is C18H38ClNO. The minimum Gasteiger partial charge on any atom is -0.373 e. The van der Waals surface area contributed by atoms with Crippen molar-refractivity contribution in [2.45, 2.75) is 96.1 Å². The molecule has 0 bridgehead atoms. The standard InChI is InChI=1S/C18H37NO.ClH/c1-4-5-6-7-8-9-10-11-12-13-14-17(19(2)3)15-18-16-20-18;/h17-18H,4-16H2,1-3H3;1H. The Labute approximate surface area is 139 Å². The fraction of sp³-hybridized carbons (Fsp3) is 1.00. The lowest BCUT2D eigenvalue weighted by molar-refractivity contribution is 0.235. The molecule has 0 amide bonds. The SMILES string of the molecule is CCCCCCCCCCCCC(CC1CO1)N(C)C.Cl. The number of ether oxygens (including phenoxy) is 1. The second-order valence-electron chi connectivity index (χ2n) is 6.78. The number of unbranched alkanes of at least 4 members (excludes halogenated alkanes) is 9. The van der Waals surface area contributed by atoms with Crippen LogP contribution in [0.1, 0.15) is 84.0 Å². The van der Waals surface area contributed by atoms with Gasteiger partial charge in [0.25, 0.3) is 0 Å². The van der Waals surface area contributed by atoms with E-state index in [1.54, 1.807) is 0 Å². The van der Waals surface area contributed by atoms with Crippen molar-refractivity contribution < 1.29 is 4.74 Å². The molecule has 1 rings (SSSR count). The van der Waals surface area contributed by atoms with E-state index in [9.17, 15) is 0 Å². The molecule has 2 unspecified atom stereocenters. The van der Waals surface area contributed by atoms with Gasteiger partial charge in [0.05, 0.1) is 12.7 Å². The minimum atomic E-state index is 0. The first-order valence-electron chi connectivity index (χ1n) is 9.02. The Hall–Kier alpha value is 0.210. The highest BCUT2D eigenvalue weighted by molar-refractivity contribution is 5.85. The molecule has 0 spiro atoms. The summed E-state index contributed by atoms with van der Waals surface area (Å²) in [7, 11) is 4.42. The third kappa shape index (κ3) is 12.4. The molecule has 0 aromatic heterocycles. The summed E-state index contributed by atoms with van der Waals surface area (Å²) >= 11 is 0. The first kappa shape index (κ1) is 21.2. The van der Waals surface area contributed by atoms with E-state index in [4.69, 9.17) is 4.74 Å². The van der Waals surface area contributed by atoms with Crippen LogP contribution in [0.15, 0.2) is 0 Å². The number of halogens is 1. The van der Waals surface area contributed by atoms with Gasteiger partial charge in [-0.05, 0) is 26.9 Å². The van der Waals surface area contributed by atoms with Crippen molar-refractivity contribution in [1.29, 1.82) is 0 Å². The zero-order chi connectivity index (χ0) is 14.6. The molecule has 0 aliphatic carbocycles. The van der Waals surface area contributed by atoms with Gasteiger partial charge in [-0.3, -0.25) is 0 Å². The second kappa shape index (κ2) is 13.8. The van der Waals surface area contributed by atoms with Gasteiger partial charge in [0.2, 0.25) is 0 Å². The van der Waals surface area contributed by atoms with Crippen LogP contribution in [0.5, 0.6) is 0 Å². The molecule has 2 atom stereocenters. The maximum atomic E-state index is 5.36. The predicted molar refractivity (Wildman–Crippen MR) is 95.5 cm³/mol. The minimum absolute atomic E-state index is 0. The topological polar surface area (TPSA) is 15.8 Å². The third-order valence-corrected chi connectivity index (χ3v) is 4.56. The lowest BCUT2D eigenvalue weighted by Gasteiger charge is -2.23. The number of hydrogen-bond donors (Lipinski definition) is 0. The van der Waals surface area contributed by atoms with Crippen LogP contribution >= 0.6 is 12.4 Å². The second-order valence-corrected chi connectivity index (χ2v) is 6.78. The van der Waals surface area contributed by atoms with Gasteiger partial charge in [-0.1, -0.05) is 71.1 Å². The molecular weight excluding hydrogens is 282 g/mol. The molecule has 1 saturated heterocycles. The summed E-state index contributed by atoms with van der Waals surface area (Å²) in [5, 5.41) is 0. The molecule has 1 heterocycles. The first-order chi connectivity index (χ1) is 9.74. The monoisotopic (exact) mass is 319 g/mol. The number of rotatable bonds is 14. The average molecular weight is 320 g/mol. The van der Waals surface area contributed by atoms with E-state index in [0.29, 0.717) is 6.10 Å². The molecule has 21 heavy (non-hydrogen) atoms. The highest BCUT2D eigenvalue weighted by Crippen LogP contribution is 2.21. The van der Waals surface area contributed by atoms with Crippen molar-refractivity contribution in [3.63, 3.8) is 0 Å². The van der Waals surface area contributed by atoms with Crippen LogP contribution in [-0.2, 0) is 4.74 Å². The quantitative estimate of drug-likeness (QED) is 0.313. The smallest absolute Gasteiger partial charge is 0.0824 e. The van der Waals surface area contributed by atoms with Crippen molar-refractivity contribution in [2.24, 2.45) is 0 Å². The van der Waals surface area contributed by atoms with Gasteiger partial charge < -0.3 is 9.64 Å². The maximum absolute atomic E-state index is 5.36. The third-order valence-electron chi connectivity index (χ3n) is 4.56. The van der Waals surface area contributed by atoms with Crippen molar-refractivity contribution in [2.75, 3.05) is 20.7 Å². The summed E-state index contributed by atoms with van der Waals surface area (Å²) in [6, 6.07) is 0.733. The summed E-state index contributed by atoms with van der Waals surface area (Å²) in [5.74, 6) is 0. The zero-order valence-corrected chi connectivity index (χ0v) is 15.4. The summed E-state index contributed by atoms with van der Waals surface area (Å²) in [6.45, 7) is 3.29. The highest BCUT2D eigenvalue weighted by Gasteiger charge is 2.27. The Morgan fingerprint density at radius 2 is 1.38 bits per heavy atom. The van der Waals surface area contributed by atoms with E-state index < -0.39 is 0 Å². The summed E-state index contributed by atoms with van der Waals surface area (Å²) in [6.07, 6.45) is 17.5. The lowest BCUT2D eigenvalue weighted by atomic mass is 10.0. The van der Waals surface area contributed by atoms with Gasteiger partial charge in [0.1, 0.15) is 0 Å². The van der Waals surface area contributed by atoms with Gasteiger partial charge in [-0.25, -0.2) is 0 Å². The normalized spacial score (nSPS) is 18.6. The van der Waals surface area contributed by atoms with E-state index in [-0.39, 0.29) is 12.4 Å². The first-order valence-corrected chi connectivity index (χ1v) is 9.02. The van der Waals surface area contributed by atoms with E-state index >= 15 is 0 Å². The molecule has 1 fully saturated rings. The molecule has 0 N–H and O–H groups in total. The molecule has 0 saturated carbocycles. The van der Waals surface area contributed by atoms with Crippen molar-refractivity contribution >= 4 is 12.4 Å². The van der Waals surface area contributed by atoms with Crippen LogP contribution in [0.3, 0.4) is 0 Å². The van der Waals surface area contributed by atoms with Crippen LogP contribution in [0.2, 0.25) is 0 Å². The van der Waals surface area contributed by atoms with E-state index in [0.717, 1.165) is 12.6 Å². The Morgan fingerprint density at radius 1 is 0.905 bits per heavy atom. The van der Waals surface area contributed by atoms with Crippen LogP contribution < -0.4 is 0 Å². The largest absolute Gasteiger partial charge is 0.373 e. The van der Waals surface area contributed by atoms with Crippen molar-refractivity contribution in [3.8, 4) is 0 Å². The number of hydrogen-bond acceptors (Lipinski definition) is 2. The Balaban J connectivity index is 0.00000400. The molecule has 2 nitrogen and oxygen atoms in total. The maximum Gasteiger partial charge on any atom is 0.0824 e. The average Bonchev–Trinajstić information content (AvgIpc) is 3.23. The van der Waals surface area contributed by atoms with Gasteiger partial charge in [-0.15, -0.1) is 12.4 Å². The Kier molecular flexibility index (Phi) is 14.0. The van der Waals surface area contributed by atoms with Gasteiger partial charge in [0.15, 0.2) is 0 Å². The van der Waals surface area contributed by atoms with Crippen LogP contribution in [0.25, 0.3) is 0 Å². The van der Waals surface area contributed by atoms with Crippen molar-refractivity contribution in [1.82, 2.24) is 4.90 Å². The van der Waals surface area contributed by atoms with E-state index in [1.165, 1.54) is 77.0 Å². The zero-order valence-electron chi connectivity index (χ0n) is 14.6. The summed E-state index contributed by atoms with van der Waals surface area (Å²) < 4.78 is 5.36. The molecule has 1 aliphatic rings. The van der Waals surface area contributed by atoms with Gasteiger partial charge in [-0.2, -0.15) is 0 Å². The molecule has 128 valence electrons. The fourth-order valence-corrected chi connectivity index (χ4v) is 2.96. The van der Waals surface area contributed by atoms with E-state index in [1.807, 2.05) is 0 Å². The van der Waals surface area contributed by atoms with E-state index in [2.05, 4.69) is 25.9 Å². The van der Waals surface area contributed by atoms with Gasteiger partial charge in [0, 0.05) is 6.04 Å². The Bertz CT molecular complexity index is 219. The van der Waals surface area contributed by atoms with Crippen LogP contribution in [-0.4, -0.2) is 37.7 Å². The van der Waals surface area contributed by atoms with Crippen LogP contribution in [0.4, 0.5) is 0 Å². The fourth-order valence-electron chi connectivity index (χ4n) is 2.96. The number of epoxide rings is 1. The highest BCUT2D eigenvalue weighted by atomic mass is 35.5. The summed E-state index contributed by atoms with van der Waals surface area (Å²) in [4.78, 5) is 2.38. The van der Waals surface area contributed by atoms with Crippen LogP contribution in [0, 0.1) is 0 Å². The predicted octanol–water partition coefficient (Wildman–Crippen LogP) is 5.44. The molecule has 1 aliphatic heterocycles. The molecule has 0 aromatic carbocycles. The van der Waals surface area contributed by atoms with Crippen molar-refractivity contribution in [3.05, 3.63) is 0 Å². The lowest BCUT2D eigenvalue weighted by Crippen LogP contribution is -2.29.